The summed E-state index contributed by atoms with van der Waals surface area (Å²) in [7, 11) is 0. The molecule has 0 atom stereocenters. The highest BCUT2D eigenvalue weighted by Gasteiger charge is 2.14. The molecular weight excluding hydrogens is 339 g/mol. The molecule has 0 aliphatic rings. The van der Waals surface area contributed by atoms with Crippen molar-refractivity contribution in [2.24, 2.45) is 0 Å². The van der Waals surface area contributed by atoms with Crippen LogP contribution in [0.2, 0.25) is 10.0 Å². The molecule has 0 aliphatic heterocycles. The fourth-order valence-corrected chi connectivity index (χ4v) is 2.69. The molecule has 0 N–H and O–H groups in total. The van der Waals surface area contributed by atoms with Crippen molar-refractivity contribution in [3.05, 3.63) is 36.7 Å². The lowest BCUT2D eigenvalue weighted by molar-refractivity contribution is 1.39. The average molecular weight is 345 g/mol. The Hall–Kier alpha value is 0.500. The summed E-state index contributed by atoms with van der Waals surface area (Å²) in [6.07, 6.45) is 1.71. The lowest BCUT2D eigenvalue weighted by Crippen LogP contribution is -1.88. The standard InChI is InChI=1S/C9H6Br2Cl2/c1-3-5-4(2)6(10)9(13)7(11)8(5)12/h3H,1H2,2H3. The van der Waals surface area contributed by atoms with E-state index in [1.165, 1.54) is 0 Å². The van der Waals surface area contributed by atoms with Gasteiger partial charge in [-0.25, -0.2) is 0 Å². The Morgan fingerprint density at radius 1 is 1.15 bits per heavy atom. The third-order valence-electron chi connectivity index (χ3n) is 1.75. The zero-order chi connectivity index (χ0) is 10.2. The van der Waals surface area contributed by atoms with E-state index in [9.17, 15) is 0 Å². The van der Waals surface area contributed by atoms with E-state index in [4.69, 9.17) is 23.2 Å². The first-order chi connectivity index (χ1) is 6.00. The van der Waals surface area contributed by atoms with Gasteiger partial charge in [0.05, 0.1) is 14.5 Å². The van der Waals surface area contributed by atoms with E-state index in [0.29, 0.717) is 14.5 Å². The Bertz CT molecular complexity index is 343. The van der Waals surface area contributed by atoms with Gasteiger partial charge in [0, 0.05) is 4.47 Å². The Labute approximate surface area is 104 Å². The summed E-state index contributed by atoms with van der Waals surface area (Å²) in [6, 6.07) is 0. The zero-order valence-corrected chi connectivity index (χ0v) is 11.5. The molecule has 70 valence electrons. The molecule has 4 heteroatoms. The van der Waals surface area contributed by atoms with Gasteiger partial charge in [-0.1, -0.05) is 35.9 Å². The molecule has 1 aromatic rings. The molecule has 0 aromatic heterocycles. The molecule has 0 fully saturated rings. The van der Waals surface area contributed by atoms with E-state index >= 15 is 0 Å². The highest BCUT2D eigenvalue weighted by molar-refractivity contribution is 9.11. The maximum Gasteiger partial charge on any atom is 0.0708 e. The van der Waals surface area contributed by atoms with Gasteiger partial charge in [0.25, 0.3) is 0 Å². The average Bonchev–Trinajstić information content (AvgIpc) is 2.13. The topological polar surface area (TPSA) is 0 Å². The van der Waals surface area contributed by atoms with Crippen molar-refractivity contribution in [1.29, 1.82) is 0 Å². The Balaban J connectivity index is 3.66. The van der Waals surface area contributed by atoms with Crippen molar-refractivity contribution in [2.75, 3.05) is 0 Å². The number of benzene rings is 1. The Morgan fingerprint density at radius 3 is 2.15 bits per heavy atom. The van der Waals surface area contributed by atoms with Gasteiger partial charge >= 0.3 is 0 Å². The van der Waals surface area contributed by atoms with Crippen LogP contribution in [0.4, 0.5) is 0 Å². The third-order valence-corrected chi connectivity index (χ3v) is 4.99. The normalized spacial score (nSPS) is 10.2. The third kappa shape index (κ3) is 1.96. The van der Waals surface area contributed by atoms with Crippen molar-refractivity contribution in [2.45, 2.75) is 6.92 Å². The number of halogens is 4. The number of rotatable bonds is 1. The molecule has 1 aromatic carbocycles. The van der Waals surface area contributed by atoms with Gasteiger partial charge in [0.1, 0.15) is 0 Å². The Kier molecular flexibility index (Phi) is 3.87. The maximum atomic E-state index is 6.05. The highest BCUT2D eigenvalue weighted by Crippen LogP contribution is 2.41. The van der Waals surface area contributed by atoms with Crippen LogP contribution in [-0.2, 0) is 0 Å². The molecule has 0 aliphatic carbocycles. The van der Waals surface area contributed by atoms with E-state index in [1.54, 1.807) is 6.08 Å². The van der Waals surface area contributed by atoms with Crippen LogP contribution in [0.15, 0.2) is 15.5 Å². The van der Waals surface area contributed by atoms with Crippen LogP contribution in [0.25, 0.3) is 6.08 Å². The molecule has 0 saturated heterocycles. The number of hydrogen-bond acceptors (Lipinski definition) is 0. The molecule has 0 saturated carbocycles. The summed E-state index contributed by atoms with van der Waals surface area (Å²) < 4.78 is 1.54. The predicted molar refractivity (Wildman–Crippen MR) is 66.7 cm³/mol. The molecule has 0 spiro atoms. The van der Waals surface area contributed by atoms with Crippen LogP contribution in [-0.4, -0.2) is 0 Å². The quantitative estimate of drug-likeness (QED) is 0.468. The van der Waals surface area contributed by atoms with E-state index < -0.39 is 0 Å². The van der Waals surface area contributed by atoms with Crippen LogP contribution in [0, 0.1) is 6.92 Å². The van der Waals surface area contributed by atoms with Crippen LogP contribution in [0.1, 0.15) is 11.1 Å². The second kappa shape index (κ2) is 4.35. The van der Waals surface area contributed by atoms with Crippen LogP contribution < -0.4 is 0 Å². The van der Waals surface area contributed by atoms with Gasteiger partial charge in [-0.2, -0.15) is 0 Å². The van der Waals surface area contributed by atoms with Crippen LogP contribution in [0.5, 0.6) is 0 Å². The lowest BCUT2D eigenvalue weighted by Gasteiger charge is -2.10. The zero-order valence-electron chi connectivity index (χ0n) is 6.80. The summed E-state index contributed by atoms with van der Waals surface area (Å²) in [5, 5.41) is 1.19. The van der Waals surface area contributed by atoms with Gasteiger partial charge in [-0.3, -0.25) is 0 Å². The van der Waals surface area contributed by atoms with Crippen LogP contribution >= 0.6 is 55.1 Å². The first kappa shape index (κ1) is 11.6. The molecule has 0 bridgehead atoms. The van der Waals surface area contributed by atoms with E-state index in [-0.39, 0.29) is 0 Å². The van der Waals surface area contributed by atoms with E-state index in [0.717, 1.165) is 15.6 Å². The van der Waals surface area contributed by atoms with E-state index in [1.807, 2.05) is 6.92 Å². The minimum Gasteiger partial charge on any atom is -0.0984 e. The van der Waals surface area contributed by atoms with Gasteiger partial charge in [-0.05, 0) is 49.9 Å². The van der Waals surface area contributed by atoms with Crippen molar-refractivity contribution < 1.29 is 0 Å². The molecular formula is C9H6Br2Cl2. The van der Waals surface area contributed by atoms with Gasteiger partial charge in [0.2, 0.25) is 0 Å². The second-order valence-corrected chi connectivity index (χ2v) is 4.84. The summed E-state index contributed by atoms with van der Waals surface area (Å²) in [5.74, 6) is 0. The summed E-state index contributed by atoms with van der Waals surface area (Å²) in [6.45, 7) is 5.63. The first-order valence-corrected chi connectivity index (χ1v) is 5.79. The van der Waals surface area contributed by atoms with E-state index in [2.05, 4.69) is 38.4 Å². The summed E-state index contributed by atoms with van der Waals surface area (Å²) in [4.78, 5) is 0. The van der Waals surface area contributed by atoms with Gasteiger partial charge in [-0.15, -0.1) is 0 Å². The summed E-state index contributed by atoms with van der Waals surface area (Å²) in [5.41, 5.74) is 1.89. The van der Waals surface area contributed by atoms with Gasteiger partial charge in [0.15, 0.2) is 0 Å². The molecule has 0 heterocycles. The maximum absolute atomic E-state index is 6.05. The molecule has 13 heavy (non-hydrogen) atoms. The van der Waals surface area contributed by atoms with Gasteiger partial charge < -0.3 is 0 Å². The lowest BCUT2D eigenvalue weighted by atomic mass is 10.1. The van der Waals surface area contributed by atoms with Crippen molar-refractivity contribution in [3.8, 4) is 0 Å². The molecule has 0 nitrogen and oxygen atoms in total. The molecule has 1 rings (SSSR count). The molecule has 0 radical (unpaired) electrons. The first-order valence-electron chi connectivity index (χ1n) is 3.45. The summed E-state index contributed by atoms with van der Waals surface area (Å²) >= 11 is 18.8. The van der Waals surface area contributed by atoms with Crippen molar-refractivity contribution in [1.82, 2.24) is 0 Å². The van der Waals surface area contributed by atoms with Crippen molar-refractivity contribution in [3.63, 3.8) is 0 Å². The fraction of sp³-hybridized carbons (Fsp3) is 0.111. The molecule has 0 amide bonds. The Morgan fingerprint density at radius 2 is 1.69 bits per heavy atom. The minimum absolute atomic E-state index is 0.591. The minimum atomic E-state index is 0.591. The SMILES string of the molecule is C=Cc1c(C)c(Br)c(Cl)c(Br)c1Cl. The predicted octanol–water partition coefficient (Wildman–Crippen LogP) is 5.47. The van der Waals surface area contributed by atoms with Crippen molar-refractivity contribution >= 4 is 61.1 Å². The molecule has 0 unspecified atom stereocenters. The van der Waals surface area contributed by atoms with Crippen LogP contribution in [0.3, 0.4) is 0 Å². The monoisotopic (exact) mass is 342 g/mol. The fourth-order valence-electron chi connectivity index (χ4n) is 1.00. The largest absolute Gasteiger partial charge is 0.0984 e. The second-order valence-electron chi connectivity index (χ2n) is 2.50. The highest BCUT2D eigenvalue weighted by atomic mass is 79.9. The smallest absolute Gasteiger partial charge is 0.0708 e. The number of hydrogen-bond donors (Lipinski definition) is 0.